The molecule has 1 aromatic heterocycles. The fraction of sp³-hybridized carbons (Fsp3) is 0.176. The SMILES string of the molecule is CCc1ccc(NC(=O)Cn2c(=O)oc3ccc([N+](=O)[O-])cc32)cc1. The lowest BCUT2D eigenvalue weighted by Crippen LogP contribution is -2.24. The molecule has 8 nitrogen and oxygen atoms in total. The van der Waals surface area contributed by atoms with Crippen LogP contribution in [0.25, 0.3) is 11.1 Å². The van der Waals surface area contributed by atoms with Crippen molar-refractivity contribution in [2.24, 2.45) is 0 Å². The number of nitrogens with one attached hydrogen (secondary N) is 1. The molecule has 0 saturated heterocycles. The monoisotopic (exact) mass is 341 g/mol. The zero-order valence-corrected chi connectivity index (χ0v) is 13.4. The topological polar surface area (TPSA) is 107 Å². The van der Waals surface area contributed by atoms with Crippen molar-refractivity contribution in [2.45, 2.75) is 19.9 Å². The van der Waals surface area contributed by atoms with Crippen LogP contribution < -0.4 is 11.1 Å². The maximum absolute atomic E-state index is 12.2. The predicted molar refractivity (Wildman–Crippen MR) is 91.6 cm³/mol. The summed E-state index contributed by atoms with van der Waals surface area (Å²) < 4.78 is 6.09. The molecule has 8 heteroatoms. The van der Waals surface area contributed by atoms with Crippen molar-refractivity contribution in [3.05, 3.63) is 68.7 Å². The van der Waals surface area contributed by atoms with Crippen LogP contribution in [0.4, 0.5) is 11.4 Å². The smallest absolute Gasteiger partial charge is 0.408 e. The number of benzene rings is 2. The number of anilines is 1. The minimum Gasteiger partial charge on any atom is -0.408 e. The first-order chi connectivity index (χ1) is 12.0. The zero-order valence-electron chi connectivity index (χ0n) is 13.4. The lowest BCUT2D eigenvalue weighted by molar-refractivity contribution is -0.384. The number of fused-ring (bicyclic) bond motifs is 1. The van der Waals surface area contributed by atoms with E-state index in [2.05, 4.69) is 5.32 Å². The normalized spacial score (nSPS) is 10.8. The van der Waals surface area contributed by atoms with Crippen molar-refractivity contribution in [3.63, 3.8) is 0 Å². The quantitative estimate of drug-likeness (QED) is 0.567. The fourth-order valence-corrected chi connectivity index (χ4v) is 2.48. The number of nitrogens with zero attached hydrogens (tertiary/aromatic N) is 2. The van der Waals surface area contributed by atoms with E-state index in [0.29, 0.717) is 5.69 Å². The van der Waals surface area contributed by atoms with Crippen LogP contribution in [0.3, 0.4) is 0 Å². The third kappa shape index (κ3) is 3.42. The standard InChI is InChI=1S/C17H15N3O5/c1-2-11-3-5-12(6-4-11)18-16(21)10-19-14-9-13(20(23)24)7-8-15(14)25-17(19)22/h3-9H,2,10H2,1H3,(H,18,21). The van der Waals surface area contributed by atoms with Gasteiger partial charge in [0.1, 0.15) is 6.54 Å². The molecule has 0 bridgehead atoms. The molecule has 0 radical (unpaired) electrons. The molecule has 0 spiro atoms. The molecule has 1 amide bonds. The van der Waals surface area contributed by atoms with Crippen LogP contribution in [0.1, 0.15) is 12.5 Å². The molecule has 0 aliphatic carbocycles. The summed E-state index contributed by atoms with van der Waals surface area (Å²) in [5.74, 6) is -1.17. The van der Waals surface area contributed by atoms with E-state index in [-0.39, 0.29) is 23.3 Å². The van der Waals surface area contributed by atoms with Crippen molar-refractivity contribution < 1.29 is 14.1 Å². The number of aryl methyl sites for hydroxylation is 1. The Kier molecular flexibility index (Phi) is 4.34. The van der Waals surface area contributed by atoms with Crippen LogP contribution in [0.2, 0.25) is 0 Å². The van der Waals surface area contributed by atoms with Gasteiger partial charge in [-0.15, -0.1) is 0 Å². The summed E-state index contributed by atoms with van der Waals surface area (Å²) >= 11 is 0. The third-order valence-electron chi connectivity index (χ3n) is 3.81. The van der Waals surface area contributed by atoms with Gasteiger partial charge in [0, 0.05) is 17.8 Å². The summed E-state index contributed by atoms with van der Waals surface area (Å²) in [5.41, 5.74) is 1.96. The van der Waals surface area contributed by atoms with E-state index in [1.165, 1.54) is 18.2 Å². The highest BCUT2D eigenvalue weighted by Crippen LogP contribution is 2.20. The minimum atomic E-state index is -0.744. The van der Waals surface area contributed by atoms with Gasteiger partial charge in [0.25, 0.3) is 5.69 Å². The highest BCUT2D eigenvalue weighted by atomic mass is 16.6. The average molecular weight is 341 g/mol. The van der Waals surface area contributed by atoms with Gasteiger partial charge in [-0.2, -0.15) is 0 Å². The lowest BCUT2D eigenvalue weighted by Gasteiger charge is -2.06. The van der Waals surface area contributed by atoms with Gasteiger partial charge in [-0.05, 0) is 30.2 Å². The van der Waals surface area contributed by atoms with Gasteiger partial charge in [-0.1, -0.05) is 19.1 Å². The molecule has 128 valence electrons. The predicted octanol–water partition coefficient (Wildman–Crippen LogP) is 2.70. The second-order valence-electron chi connectivity index (χ2n) is 5.46. The Bertz CT molecular complexity index is 1000. The lowest BCUT2D eigenvalue weighted by atomic mass is 10.1. The summed E-state index contributed by atoms with van der Waals surface area (Å²) in [6.07, 6.45) is 0.892. The highest BCUT2D eigenvalue weighted by molar-refractivity contribution is 5.91. The number of aromatic nitrogens is 1. The second kappa shape index (κ2) is 6.60. The number of carbonyl (C=O) groups is 1. The van der Waals surface area contributed by atoms with E-state index in [1.807, 2.05) is 19.1 Å². The number of hydrogen-bond donors (Lipinski definition) is 1. The molecule has 1 heterocycles. The van der Waals surface area contributed by atoms with Gasteiger partial charge >= 0.3 is 5.76 Å². The molecule has 0 saturated carbocycles. The first-order valence-corrected chi connectivity index (χ1v) is 7.64. The van der Waals surface area contributed by atoms with E-state index in [9.17, 15) is 19.7 Å². The molecular formula is C17H15N3O5. The number of nitro groups is 1. The number of non-ortho nitro benzene ring substituents is 1. The van der Waals surface area contributed by atoms with Crippen LogP contribution in [0, 0.1) is 10.1 Å². The van der Waals surface area contributed by atoms with Gasteiger partial charge in [0.05, 0.1) is 10.4 Å². The van der Waals surface area contributed by atoms with E-state index in [0.717, 1.165) is 16.6 Å². The van der Waals surface area contributed by atoms with Crippen LogP contribution >= 0.6 is 0 Å². The first kappa shape index (κ1) is 16.4. The number of rotatable bonds is 5. The van der Waals surface area contributed by atoms with Crippen LogP contribution in [-0.4, -0.2) is 15.4 Å². The summed E-state index contributed by atoms with van der Waals surface area (Å²) in [5, 5.41) is 13.6. The summed E-state index contributed by atoms with van der Waals surface area (Å²) in [6, 6.07) is 11.1. The Hall–Kier alpha value is -3.42. The summed E-state index contributed by atoms with van der Waals surface area (Å²) in [7, 11) is 0. The fourth-order valence-electron chi connectivity index (χ4n) is 2.48. The average Bonchev–Trinajstić information content (AvgIpc) is 2.90. The molecule has 0 unspecified atom stereocenters. The number of amides is 1. The Morgan fingerprint density at radius 1 is 1.24 bits per heavy atom. The molecule has 3 rings (SSSR count). The molecule has 0 aliphatic rings. The first-order valence-electron chi connectivity index (χ1n) is 7.64. The largest absolute Gasteiger partial charge is 0.420 e. The molecule has 2 aromatic carbocycles. The molecule has 0 atom stereocenters. The van der Waals surface area contributed by atoms with Crippen LogP contribution in [0.5, 0.6) is 0 Å². The Balaban J connectivity index is 1.84. The third-order valence-corrected chi connectivity index (χ3v) is 3.81. The van der Waals surface area contributed by atoms with E-state index < -0.39 is 16.6 Å². The number of nitro benzene ring substituents is 1. The van der Waals surface area contributed by atoms with Crippen molar-refractivity contribution in [3.8, 4) is 0 Å². The van der Waals surface area contributed by atoms with Gasteiger partial charge < -0.3 is 9.73 Å². The van der Waals surface area contributed by atoms with E-state index >= 15 is 0 Å². The molecule has 25 heavy (non-hydrogen) atoms. The highest BCUT2D eigenvalue weighted by Gasteiger charge is 2.16. The molecular weight excluding hydrogens is 326 g/mol. The van der Waals surface area contributed by atoms with Gasteiger partial charge in [0.15, 0.2) is 5.58 Å². The van der Waals surface area contributed by atoms with Crippen LogP contribution in [0.15, 0.2) is 51.7 Å². The Morgan fingerprint density at radius 2 is 1.96 bits per heavy atom. The summed E-state index contributed by atoms with van der Waals surface area (Å²) in [4.78, 5) is 34.5. The molecule has 1 N–H and O–H groups in total. The maximum Gasteiger partial charge on any atom is 0.420 e. The minimum absolute atomic E-state index is 0.183. The van der Waals surface area contributed by atoms with Crippen molar-refractivity contribution in [1.29, 1.82) is 0 Å². The van der Waals surface area contributed by atoms with Crippen LogP contribution in [-0.2, 0) is 17.8 Å². The van der Waals surface area contributed by atoms with Gasteiger partial charge in [-0.3, -0.25) is 19.5 Å². The zero-order chi connectivity index (χ0) is 18.0. The number of carbonyl (C=O) groups excluding carboxylic acids is 1. The maximum atomic E-state index is 12.2. The summed E-state index contributed by atoms with van der Waals surface area (Å²) in [6.45, 7) is 1.73. The molecule has 3 aromatic rings. The Morgan fingerprint density at radius 3 is 2.60 bits per heavy atom. The second-order valence-corrected chi connectivity index (χ2v) is 5.46. The Labute approximate surface area is 141 Å². The van der Waals surface area contributed by atoms with Crippen molar-refractivity contribution >= 4 is 28.4 Å². The molecule has 0 fully saturated rings. The van der Waals surface area contributed by atoms with Crippen molar-refractivity contribution in [2.75, 3.05) is 5.32 Å². The van der Waals surface area contributed by atoms with Gasteiger partial charge in [-0.25, -0.2) is 4.79 Å². The van der Waals surface area contributed by atoms with E-state index in [1.54, 1.807) is 12.1 Å². The van der Waals surface area contributed by atoms with E-state index in [4.69, 9.17) is 4.42 Å². The molecule has 0 aliphatic heterocycles. The van der Waals surface area contributed by atoms with Gasteiger partial charge in [0.2, 0.25) is 5.91 Å². The number of hydrogen-bond acceptors (Lipinski definition) is 5. The number of oxazole rings is 1. The van der Waals surface area contributed by atoms with Crippen molar-refractivity contribution in [1.82, 2.24) is 4.57 Å².